The van der Waals surface area contributed by atoms with Gasteiger partial charge in [0.05, 0.1) is 12.2 Å². The van der Waals surface area contributed by atoms with E-state index in [-0.39, 0.29) is 5.97 Å². The standard InChI is InChI=1S/C17H19NO2/c1-3-20-17(19)14-6-4-5-13(10-14)11-15-9-12(2)7-8-16(15)18/h4-10H,3,11,18H2,1-2H3. The van der Waals surface area contributed by atoms with Crippen molar-refractivity contribution in [2.24, 2.45) is 0 Å². The second-order valence-corrected chi connectivity index (χ2v) is 4.80. The number of hydrogen-bond acceptors (Lipinski definition) is 3. The monoisotopic (exact) mass is 269 g/mol. The molecule has 0 aliphatic heterocycles. The van der Waals surface area contributed by atoms with Crippen molar-refractivity contribution in [3.8, 4) is 0 Å². The van der Waals surface area contributed by atoms with Crippen LogP contribution in [0.4, 0.5) is 5.69 Å². The zero-order valence-electron chi connectivity index (χ0n) is 11.8. The average Bonchev–Trinajstić information content (AvgIpc) is 2.43. The molecule has 20 heavy (non-hydrogen) atoms. The predicted octanol–water partition coefficient (Wildman–Crippen LogP) is 3.34. The Labute approximate surface area is 119 Å². The Kier molecular flexibility index (Phi) is 4.41. The van der Waals surface area contributed by atoms with Gasteiger partial charge in [-0.3, -0.25) is 0 Å². The van der Waals surface area contributed by atoms with Crippen LogP contribution in [0, 0.1) is 6.92 Å². The lowest BCUT2D eigenvalue weighted by atomic mass is 10.00. The Morgan fingerprint density at radius 2 is 2.00 bits per heavy atom. The van der Waals surface area contributed by atoms with Crippen LogP contribution in [-0.2, 0) is 11.2 Å². The van der Waals surface area contributed by atoms with Crippen LogP contribution in [0.25, 0.3) is 0 Å². The quantitative estimate of drug-likeness (QED) is 0.684. The Balaban J connectivity index is 2.23. The molecular formula is C17H19NO2. The lowest BCUT2D eigenvalue weighted by Gasteiger charge is -2.08. The molecule has 0 radical (unpaired) electrons. The summed E-state index contributed by atoms with van der Waals surface area (Å²) in [4.78, 5) is 11.7. The number of nitrogen functional groups attached to an aromatic ring is 1. The third-order valence-electron chi connectivity index (χ3n) is 3.13. The molecule has 0 atom stereocenters. The normalized spacial score (nSPS) is 10.3. The topological polar surface area (TPSA) is 52.3 Å². The van der Waals surface area contributed by atoms with Gasteiger partial charge in [-0.25, -0.2) is 4.79 Å². The first-order chi connectivity index (χ1) is 9.60. The highest BCUT2D eigenvalue weighted by atomic mass is 16.5. The molecule has 0 fully saturated rings. The molecule has 0 bridgehead atoms. The average molecular weight is 269 g/mol. The van der Waals surface area contributed by atoms with Crippen molar-refractivity contribution in [2.75, 3.05) is 12.3 Å². The van der Waals surface area contributed by atoms with E-state index in [4.69, 9.17) is 10.5 Å². The molecule has 0 spiro atoms. The van der Waals surface area contributed by atoms with Gasteiger partial charge in [-0.1, -0.05) is 29.8 Å². The van der Waals surface area contributed by atoms with E-state index in [1.54, 1.807) is 13.0 Å². The molecule has 3 heteroatoms. The largest absolute Gasteiger partial charge is 0.462 e. The lowest BCUT2D eigenvalue weighted by Crippen LogP contribution is -2.05. The van der Waals surface area contributed by atoms with Gasteiger partial charge in [-0.2, -0.15) is 0 Å². The fraction of sp³-hybridized carbons (Fsp3) is 0.235. The highest BCUT2D eigenvalue weighted by Gasteiger charge is 2.08. The molecule has 0 aliphatic carbocycles. The second-order valence-electron chi connectivity index (χ2n) is 4.80. The molecule has 0 amide bonds. The molecule has 0 heterocycles. The number of esters is 1. The van der Waals surface area contributed by atoms with Crippen LogP contribution >= 0.6 is 0 Å². The minimum absolute atomic E-state index is 0.286. The van der Waals surface area contributed by atoms with Gasteiger partial charge in [0, 0.05) is 5.69 Å². The molecule has 2 rings (SSSR count). The zero-order valence-corrected chi connectivity index (χ0v) is 11.8. The second kappa shape index (κ2) is 6.24. The van der Waals surface area contributed by atoms with Gasteiger partial charge in [0.1, 0.15) is 0 Å². The summed E-state index contributed by atoms with van der Waals surface area (Å²) >= 11 is 0. The van der Waals surface area contributed by atoms with E-state index in [0.29, 0.717) is 18.6 Å². The number of carbonyl (C=O) groups is 1. The fourth-order valence-corrected chi connectivity index (χ4v) is 2.13. The third-order valence-corrected chi connectivity index (χ3v) is 3.13. The summed E-state index contributed by atoms with van der Waals surface area (Å²) in [5, 5.41) is 0. The van der Waals surface area contributed by atoms with Gasteiger partial charge in [0.25, 0.3) is 0 Å². The van der Waals surface area contributed by atoms with Crippen LogP contribution in [0.3, 0.4) is 0 Å². The van der Waals surface area contributed by atoms with Crippen LogP contribution in [-0.4, -0.2) is 12.6 Å². The van der Waals surface area contributed by atoms with Crippen molar-refractivity contribution < 1.29 is 9.53 Å². The van der Waals surface area contributed by atoms with Crippen molar-refractivity contribution in [3.63, 3.8) is 0 Å². The fourth-order valence-electron chi connectivity index (χ4n) is 2.13. The number of nitrogens with two attached hydrogens (primary N) is 1. The number of benzene rings is 2. The molecule has 0 aliphatic rings. The number of rotatable bonds is 4. The molecule has 0 aromatic heterocycles. The van der Waals surface area contributed by atoms with Crippen molar-refractivity contribution >= 4 is 11.7 Å². The minimum Gasteiger partial charge on any atom is -0.462 e. The first-order valence-corrected chi connectivity index (χ1v) is 6.71. The lowest BCUT2D eigenvalue weighted by molar-refractivity contribution is 0.0526. The van der Waals surface area contributed by atoms with Gasteiger partial charge in [0.15, 0.2) is 0 Å². The van der Waals surface area contributed by atoms with Gasteiger partial charge in [-0.05, 0) is 49.6 Å². The summed E-state index contributed by atoms with van der Waals surface area (Å²) < 4.78 is 5.01. The molecule has 0 unspecified atom stereocenters. The van der Waals surface area contributed by atoms with Gasteiger partial charge in [0.2, 0.25) is 0 Å². The van der Waals surface area contributed by atoms with E-state index >= 15 is 0 Å². The van der Waals surface area contributed by atoms with E-state index in [1.165, 1.54) is 5.56 Å². The molecule has 104 valence electrons. The first-order valence-electron chi connectivity index (χ1n) is 6.71. The molecule has 3 nitrogen and oxygen atoms in total. The van der Waals surface area contributed by atoms with E-state index in [0.717, 1.165) is 16.8 Å². The highest BCUT2D eigenvalue weighted by Crippen LogP contribution is 2.19. The summed E-state index contributed by atoms with van der Waals surface area (Å²) in [6.45, 7) is 4.22. The Hall–Kier alpha value is -2.29. The predicted molar refractivity (Wildman–Crippen MR) is 80.8 cm³/mol. The molecule has 0 saturated carbocycles. The van der Waals surface area contributed by atoms with Crippen molar-refractivity contribution in [1.29, 1.82) is 0 Å². The number of aryl methyl sites for hydroxylation is 1. The molecule has 2 aromatic carbocycles. The van der Waals surface area contributed by atoms with Crippen LogP contribution < -0.4 is 5.73 Å². The van der Waals surface area contributed by atoms with Crippen LogP contribution in [0.15, 0.2) is 42.5 Å². The van der Waals surface area contributed by atoms with Crippen LogP contribution in [0.2, 0.25) is 0 Å². The summed E-state index contributed by atoms with van der Waals surface area (Å²) in [5.41, 5.74) is 10.6. The number of anilines is 1. The summed E-state index contributed by atoms with van der Waals surface area (Å²) in [6, 6.07) is 13.5. The Morgan fingerprint density at radius 3 is 2.75 bits per heavy atom. The zero-order chi connectivity index (χ0) is 14.5. The Morgan fingerprint density at radius 1 is 1.20 bits per heavy atom. The van der Waals surface area contributed by atoms with Crippen molar-refractivity contribution in [3.05, 3.63) is 64.7 Å². The third kappa shape index (κ3) is 3.38. The van der Waals surface area contributed by atoms with E-state index < -0.39 is 0 Å². The maximum absolute atomic E-state index is 11.7. The summed E-state index contributed by atoms with van der Waals surface area (Å²) in [7, 11) is 0. The Bertz CT molecular complexity index is 620. The molecule has 0 saturated heterocycles. The summed E-state index contributed by atoms with van der Waals surface area (Å²) in [5.74, 6) is -0.286. The van der Waals surface area contributed by atoms with E-state index in [1.807, 2.05) is 37.3 Å². The first kappa shape index (κ1) is 14.1. The minimum atomic E-state index is -0.286. The number of hydrogen-bond donors (Lipinski definition) is 1. The van der Waals surface area contributed by atoms with Crippen molar-refractivity contribution in [1.82, 2.24) is 0 Å². The molecular weight excluding hydrogens is 250 g/mol. The van der Waals surface area contributed by atoms with Gasteiger partial charge < -0.3 is 10.5 Å². The SMILES string of the molecule is CCOC(=O)c1cccc(Cc2cc(C)ccc2N)c1. The molecule has 2 aromatic rings. The van der Waals surface area contributed by atoms with Crippen LogP contribution in [0.5, 0.6) is 0 Å². The molecule has 2 N–H and O–H groups in total. The highest BCUT2D eigenvalue weighted by molar-refractivity contribution is 5.89. The maximum Gasteiger partial charge on any atom is 0.338 e. The summed E-state index contributed by atoms with van der Waals surface area (Å²) in [6.07, 6.45) is 0.709. The van der Waals surface area contributed by atoms with E-state index in [2.05, 4.69) is 6.07 Å². The van der Waals surface area contributed by atoms with Crippen LogP contribution in [0.1, 0.15) is 34.0 Å². The maximum atomic E-state index is 11.7. The van der Waals surface area contributed by atoms with E-state index in [9.17, 15) is 4.79 Å². The van der Waals surface area contributed by atoms with Gasteiger partial charge in [-0.15, -0.1) is 0 Å². The van der Waals surface area contributed by atoms with Crippen molar-refractivity contribution in [2.45, 2.75) is 20.3 Å². The number of carbonyl (C=O) groups excluding carboxylic acids is 1. The smallest absolute Gasteiger partial charge is 0.338 e. The van der Waals surface area contributed by atoms with Gasteiger partial charge >= 0.3 is 5.97 Å². The number of ether oxygens (including phenoxy) is 1.